The van der Waals surface area contributed by atoms with Gasteiger partial charge in [-0.15, -0.1) is 0 Å². The van der Waals surface area contributed by atoms with Crippen LogP contribution in [0.2, 0.25) is 0 Å². The van der Waals surface area contributed by atoms with Crippen LogP contribution in [0.15, 0.2) is 33.5 Å². The molecule has 1 unspecified atom stereocenters. The lowest BCUT2D eigenvalue weighted by Gasteiger charge is -2.23. The molecule has 0 aliphatic rings. The normalized spacial score (nSPS) is 12.4. The van der Waals surface area contributed by atoms with Gasteiger partial charge in [0.15, 0.2) is 4.67 Å². The summed E-state index contributed by atoms with van der Waals surface area (Å²) >= 11 is 3.47. The van der Waals surface area contributed by atoms with Gasteiger partial charge in [-0.25, -0.2) is 0 Å². The third-order valence-corrected chi connectivity index (χ3v) is 4.01. The maximum absolute atomic E-state index is 5.59. The predicted molar refractivity (Wildman–Crippen MR) is 84.4 cm³/mol. The van der Waals surface area contributed by atoms with Gasteiger partial charge in [-0.05, 0) is 59.6 Å². The maximum Gasteiger partial charge on any atom is 0.174 e. The molecule has 1 atom stereocenters. The molecule has 0 saturated carbocycles. The molecule has 3 nitrogen and oxygen atoms in total. The number of hydrogen-bond acceptors (Lipinski definition) is 3. The molecule has 0 fully saturated rings. The minimum absolute atomic E-state index is 0.0451. The molecule has 1 N–H and O–H groups in total. The highest BCUT2D eigenvalue weighted by Crippen LogP contribution is 2.37. The van der Waals surface area contributed by atoms with E-state index in [9.17, 15) is 0 Å². The Balaban J connectivity index is 2.58. The van der Waals surface area contributed by atoms with Gasteiger partial charge in [-0.1, -0.05) is 13.0 Å². The van der Waals surface area contributed by atoms with E-state index in [2.05, 4.69) is 54.2 Å². The van der Waals surface area contributed by atoms with E-state index in [0.717, 1.165) is 28.1 Å². The summed E-state index contributed by atoms with van der Waals surface area (Å²) in [5.41, 5.74) is 4.64. The molecular weight excluding hydrogens is 318 g/mol. The first-order chi connectivity index (χ1) is 9.58. The van der Waals surface area contributed by atoms with E-state index >= 15 is 0 Å². The molecule has 20 heavy (non-hydrogen) atoms. The Hall–Kier alpha value is -1.26. The highest BCUT2D eigenvalue weighted by atomic mass is 79.9. The zero-order valence-corrected chi connectivity index (χ0v) is 13.9. The van der Waals surface area contributed by atoms with Crippen molar-refractivity contribution in [1.82, 2.24) is 5.32 Å². The van der Waals surface area contributed by atoms with Crippen LogP contribution in [-0.4, -0.2) is 13.7 Å². The SMILES string of the molecule is CCNC(c1ccoc1Br)c1c(C)cc(C)cc1OC. The number of rotatable bonds is 5. The highest BCUT2D eigenvalue weighted by molar-refractivity contribution is 9.10. The number of hydrogen-bond donors (Lipinski definition) is 1. The number of aryl methyl sites for hydroxylation is 2. The Labute approximate surface area is 128 Å². The summed E-state index contributed by atoms with van der Waals surface area (Å²) in [6.45, 7) is 7.15. The smallest absolute Gasteiger partial charge is 0.174 e. The number of benzene rings is 1. The van der Waals surface area contributed by atoms with Gasteiger partial charge in [0.05, 0.1) is 19.4 Å². The van der Waals surface area contributed by atoms with Crippen molar-refractivity contribution >= 4 is 15.9 Å². The molecule has 0 amide bonds. The predicted octanol–water partition coefficient (Wildman–Crippen LogP) is 4.37. The number of nitrogens with one attached hydrogen (secondary N) is 1. The van der Waals surface area contributed by atoms with E-state index in [-0.39, 0.29) is 6.04 Å². The second kappa shape index (κ2) is 6.46. The van der Waals surface area contributed by atoms with Gasteiger partial charge in [0, 0.05) is 11.1 Å². The van der Waals surface area contributed by atoms with Crippen molar-refractivity contribution in [3.05, 3.63) is 51.4 Å². The lowest BCUT2D eigenvalue weighted by atomic mass is 9.94. The van der Waals surface area contributed by atoms with Crippen LogP contribution in [0, 0.1) is 13.8 Å². The average Bonchev–Trinajstić information content (AvgIpc) is 2.82. The van der Waals surface area contributed by atoms with Gasteiger partial charge in [-0.2, -0.15) is 0 Å². The van der Waals surface area contributed by atoms with E-state index in [0.29, 0.717) is 0 Å². The van der Waals surface area contributed by atoms with E-state index in [4.69, 9.17) is 9.15 Å². The summed E-state index contributed by atoms with van der Waals surface area (Å²) in [7, 11) is 1.71. The van der Waals surface area contributed by atoms with Crippen molar-refractivity contribution in [3.63, 3.8) is 0 Å². The maximum atomic E-state index is 5.59. The van der Waals surface area contributed by atoms with Crippen LogP contribution in [-0.2, 0) is 0 Å². The Bertz CT molecular complexity index is 592. The zero-order valence-electron chi connectivity index (χ0n) is 12.3. The number of ether oxygens (including phenoxy) is 1. The van der Waals surface area contributed by atoms with Crippen molar-refractivity contribution in [3.8, 4) is 5.75 Å². The molecule has 108 valence electrons. The molecule has 0 radical (unpaired) electrons. The molecule has 4 heteroatoms. The molecular formula is C16H20BrNO2. The van der Waals surface area contributed by atoms with Crippen molar-refractivity contribution in [2.75, 3.05) is 13.7 Å². The Morgan fingerprint density at radius 2 is 2.10 bits per heavy atom. The molecule has 2 aromatic rings. The fourth-order valence-electron chi connectivity index (χ4n) is 2.56. The second-order valence-electron chi connectivity index (χ2n) is 4.84. The summed E-state index contributed by atoms with van der Waals surface area (Å²) in [6.07, 6.45) is 1.69. The van der Waals surface area contributed by atoms with E-state index in [1.807, 2.05) is 6.07 Å². The third kappa shape index (κ3) is 2.91. The van der Waals surface area contributed by atoms with Gasteiger partial charge in [0.25, 0.3) is 0 Å². The first-order valence-electron chi connectivity index (χ1n) is 6.69. The highest BCUT2D eigenvalue weighted by Gasteiger charge is 2.23. The number of furan rings is 1. The first kappa shape index (κ1) is 15.1. The lowest BCUT2D eigenvalue weighted by molar-refractivity contribution is 0.403. The van der Waals surface area contributed by atoms with Crippen LogP contribution in [0.4, 0.5) is 0 Å². The summed E-state index contributed by atoms with van der Waals surface area (Å²) in [5.74, 6) is 0.904. The first-order valence-corrected chi connectivity index (χ1v) is 7.49. The number of halogens is 1. The lowest BCUT2D eigenvalue weighted by Crippen LogP contribution is -2.23. The van der Waals surface area contributed by atoms with Crippen molar-refractivity contribution in [1.29, 1.82) is 0 Å². The second-order valence-corrected chi connectivity index (χ2v) is 5.56. The number of methoxy groups -OCH3 is 1. The molecule has 1 heterocycles. The van der Waals surface area contributed by atoms with Gasteiger partial charge in [0.2, 0.25) is 0 Å². The molecule has 1 aromatic heterocycles. The van der Waals surface area contributed by atoms with E-state index in [1.54, 1.807) is 13.4 Å². The average molecular weight is 338 g/mol. The molecule has 0 aliphatic heterocycles. The van der Waals surface area contributed by atoms with Crippen LogP contribution in [0.3, 0.4) is 0 Å². The molecule has 2 rings (SSSR count). The zero-order chi connectivity index (χ0) is 14.7. The van der Waals surface area contributed by atoms with Crippen molar-refractivity contribution < 1.29 is 9.15 Å². The Morgan fingerprint density at radius 3 is 2.65 bits per heavy atom. The summed E-state index contributed by atoms with van der Waals surface area (Å²) < 4.78 is 11.7. The van der Waals surface area contributed by atoms with Gasteiger partial charge >= 0.3 is 0 Å². The summed E-state index contributed by atoms with van der Waals surface area (Å²) in [5, 5.41) is 3.51. The quantitative estimate of drug-likeness (QED) is 0.879. The van der Waals surface area contributed by atoms with Gasteiger partial charge < -0.3 is 14.5 Å². The van der Waals surface area contributed by atoms with Crippen LogP contribution in [0.25, 0.3) is 0 Å². The minimum Gasteiger partial charge on any atom is -0.496 e. The fraction of sp³-hybridized carbons (Fsp3) is 0.375. The summed E-state index contributed by atoms with van der Waals surface area (Å²) in [6, 6.07) is 6.27. The Kier molecular flexibility index (Phi) is 4.89. The molecule has 0 saturated heterocycles. The van der Waals surface area contributed by atoms with Crippen LogP contribution >= 0.6 is 15.9 Å². The fourth-order valence-corrected chi connectivity index (χ4v) is 3.03. The largest absolute Gasteiger partial charge is 0.496 e. The van der Waals surface area contributed by atoms with Crippen LogP contribution < -0.4 is 10.1 Å². The van der Waals surface area contributed by atoms with E-state index < -0.39 is 0 Å². The van der Waals surface area contributed by atoms with Crippen LogP contribution in [0.5, 0.6) is 5.75 Å². The van der Waals surface area contributed by atoms with Crippen LogP contribution in [0.1, 0.15) is 35.2 Å². The van der Waals surface area contributed by atoms with Crippen molar-refractivity contribution in [2.24, 2.45) is 0 Å². The molecule has 0 aliphatic carbocycles. The van der Waals surface area contributed by atoms with Gasteiger partial charge in [-0.3, -0.25) is 0 Å². The molecule has 1 aromatic carbocycles. The monoisotopic (exact) mass is 337 g/mol. The molecule has 0 bridgehead atoms. The third-order valence-electron chi connectivity index (χ3n) is 3.37. The topological polar surface area (TPSA) is 34.4 Å². The van der Waals surface area contributed by atoms with Gasteiger partial charge in [0.1, 0.15) is 5.75 Å². The molecule has 0 spiro atoms. The van der Waals surface area contributed by atoms with Crippen molar-refractivity contribution in [2.45, 2.75) is 26.8 Å². The Morgan fingerprint density at radius 1 is 1.35 bits per heavy atom. The minimum atomic E-state index is 0.0451. The standard InChI is InChI=1S/C16H20BrNO2/c1-5-18-15(12-6-7-20-16(12)17)14-11(3)8-10(2)9-13(14)19-4/h6-9,15,18H,5H2,1-4H3. The van der Waals surface area contributed by atoms with E-state index in [1.165, 1.54) is 11.1 Å². The summed E-state index contributed by atoms with van der Waals surface area (Å²) in [4.78, 5) is 0.